The van der Waals surface area contributed by atoms with Crippen LogP contribution in [-0.2, 0) is 11.2 Å². The molecular formula is C20H20ClN5O. The number of likely N-dealkylation sites (N-methyl/N-ethyl adjacent to an activating group) is 1. The predicted molar refractivity (Wildman–Crippen MR) is 105 cm³/mol. The standard InChI is InChI=1S/C20H20ClN5O/c1-25(18-8-6-14-4-2-3-5-16(14)18)11-20(27)24-17-10-15(21)7-9-19(17)26-13-22-12-23-26/h2-5,7,9-10,12-13,18H,6,8,11H2,1H3,(H,24,27)/t18-/m1/s1. The minimum absolute atomic E-state index is 0.0921. The number of carbonyl (C=O) groups is 1. The lowest BCUT2D eigenvalue weighted by Gasteiger charge is -2.24. The Bertz CT molecular complexity index is 957. The maximum absolute atomic E-state index is 12.7. The van der Waals surface area contributed by atoms with Crippen molar-refractivity contribution in [3.8, 4) is 5.69 Å². The summed E-state index contributed by atoms with van der Waals surface area (Å²) in [6.45, 7) is 0.294. The number of benzene rings is 2. The molecule has 4 rings (SSSR count). The van der Waals surface area contributed by atoms with Crippen LogP contribution in [0.1, 0.15) is 23.6 Å². The number of hydrogen-bond donors (Lipinski definition) is 1. The second kappa shape index (κ2) is 7.50. The Balaban J connectivity index is 1.48. The van der Waals surface area contributed by atoms with Crippen molar-refractivity contribution in [1.82, 2.24) is 19.7 Å². The van der Waals surface area contributed by atoms with Crippen molar-refractivity contribution in [3.63, 3.8) is 0 Å². The Kier molecular flexibility index (Phi) is 4.92. The molecule has 0 aliphatic heterocycles. The van der Waals surface area contributed by atoms with Gasteiger partial charge in [0.15, 0.2) is 0 Å². The highest BCUT2D eigenvalue weighted by atomic mass is 35.5. The highest BCUT2D eigenvalue weighted by Crippen LogP contribution is 2.34. The Hall–Kier alpha value is -2.70. The molecule has 1 aliphatic carbocycles. The van der Waals surface area contributed by atoms with Crippen molar-refractivity contribution in [2.45, 2.75) is 18.9 Å². The summed E-state index contributed by atoms with van der Waals surface area (Å²) >= 11 is 6.12. The number of anilines is 1. The topological polar surface area (TPSA) is 63.1 Å². The van der Waals surface area contributed by atoms with Gasteiger partial charge in [-0.2, -0.15) is 5.10 Å². The maximum Gasteiger partial charge on any atom is 0.238 e. The van der Waals surface area contributed by atoms with Crippen LogP contribution in [0.5, 0.6) is 0 Å². The van der Waals surface area contributed by atoms with Gasteiger partial charge in [-0.15, -0.1) is 0 Å². The van der Waals surface area contributed by atoms with Gasteiger partial charge in [0, 0.05) is 11.1 Å². The van der Waals surface area contributed by atoms with Crippen LogP contribution < -0.4 is 5.32 Å². The smallest absolute Gasteiger partial charge is 0.238 e. The first kappa shape index (κ1) is 17.7. The van der Waals surface area contributed by atoms with E-state index in [9.17, 15) is 4.79 Å². The fourth-order valence-corrected chi connectivity index (χ4v) is 3.83. The molecule has 27 heavy (non-hydrogen) atoms. The predicted octanol–water partition coefficient (Wildman–Crippen LogP) is 3.48. The van der Waals surface area contributed by atoms with E-state index in [-0.39, 0.29) is 11.9 Å². The molecule has 7 heteroatoms. The first-order chi connectivity index (χ1) is 13.1. The Labute approximate surface area is 162 Å². The van der Waals surface area contributed by atoms with Crippen LogP contribution in [0.3, 0.4) is 0 Å². The van der Waals surface area contributed by atoms with Crippen LogP contribution in [0, 0.1) is 0 Å². The summed E-state index contributed by atoms with van der Waals surface area (Å²) in [6.07, 6.45) is 5.12. The fourth-order valence-electron chi connectivity index (χ4n) is 3.66. The zero-order valence-electron chi connectivity index (χ0n) is 15.0. The van der Waals surface area contributed by atoms with Crippen LogP contribution in [0.25, 0.3) is 5.69 Å². The molecule has 3 aromatic rings. The first-order valence-electron chi connectivity index (χ1n) is 8.84. The van der Waals surface area contributed by atoms with E-state index in [1.807, 2.05) is 13.1 Å². The molecule has 6 nitrogen and oxygen atoms in total. The largest absolute Gasteiger partial charge is 0.323 e. The van der Waals surface area contributed by atoms with Crippen LogP contribution in [0.15, 0.2) is 55.1 Å². The van der Waals surface area contributed by atoms with E-state index >= 15 is 0 Å². The summed E-state index contributed by atoms with van der Waals surface area (Å²) in [4.78, 5) is 18.7. The van der Waals surface area contributed by atoms with Gasteiger partial charge in [0.1, 0.15) is 12.7 Å². The van der Waals surface area contributed by atoms with E-state index in [1.54, 1.807) is 23.1 Å². The molecule has 138 valence electrons. The number of nitrogens with zero attached hydrogens (tertiary/aromatic N) is 4. The van der Waals surface area contributed by atoms with Crippen LogP contribution >= 0.6 is 11.6 Å². The van der Waals surface area contributed by atoms with Crippen molar-refractivity contribution in [2.24, 2.45) is 0 Å². The van der Waals surface area contributed by atoms with Crippen LogP contribution in [0.4, 0.5) is 5.69 Å². The Morgan fingerprint density at radius 3 is 3.00 bits per heavy atom. The molecule has 1 aromatic heterocycles. The number of carbonyl (C=O) groups excluding carboxylic acids is 1. The molecule has 0 saturated carbocycles. The normalized spacial score (nSPS) is 15.7. The quantitative estimate of drug-likeness (QED) is 0.735. The third-order valence-corrected chi connectivity index (χ3v) is 5.16. The highest BCUT2D eigenvalue weighted by Gasteiger charge is 2.26. The van der Waals surface area contributed by atoms with E-state index in [1.165, 1.54) is 17.5 Å². The molecule has 0 saturated heterocycles. The van der Waals surface area contributed by atoms with Gasteiger partial charge >= 0.3 is 0 Å². The number of rotatable bonds is 5. The number of aryl methyl sites for hydroxylation is 1. The zero-order valence-corrected chi connectivity index (χ0v) is 15.7. The van der Waals surface area contributed by atoms with E-state index in [4.69, 9.17) is 11.6 Å². The van der Waals surface area contributed by atoms with E-state index in [0.29, 0.717) is 17.3 Å². The number of amides is 1. The molecule has 0 bridgehead atoms. The van der Waals surface area contributed by atoms with Gasteiger partial charge in [-0.1, -0.05) is 35.9 Å². The average molecular weight is 382 g/mol. The summed E-state index contributed by atoms with van der Waals surface area (Å²) in [5.74, 6) is -0.0921. The second-order valence-corrected chi connectivity index (χ2v) is 7.15. The van der Waals surface area contributed by atoms with Crippen molar-refractivity contribution in [1.29, 1.82) is 0 Å². The van der Waals surface area contributed by atoms with Gasteiger partial charge < -0.3 is 5.32 Å². The molecule has 0 spiro atoms. The lowest BCUT2D eigenvalue weighted by molar-refractivity contribution is -0.117. The van der Waals surface area contributed by atoms with Crippen molar-refractivity contribution >= 4 is 23.2 Å². The maximum atomic E-state index is 12.7. The van der Waals surface area contributed by atoms with Gasteiger partial charge in [-0.25, -0.2) is 9.67 Å². The average Bonchev–Trinajstić information content (AvgIpc) is 3.31. The first-order valence-corrected chi connectivity index (χ1v) is 9.22. The molecule has 0 radical (unpaired) electrons. The molecule has 1 amide bonds. The van der Waals surface area contributed by atoms with Crippen LogP contribution in [0.2, 0.25) is 5.02 Å². The molecule has 2 aromatic carbocycles. The number of halogens is 1. The number of fused-ring (bicyclic) bond motifs is 1. The summed E-state index contributed by atoms with van der Waals surface area (Å²) in [5, 5.41) is 7.65. The molecule has 0 unspecified atom stereocenters. The highest BCUT2D eigenvalue weighted by molar-refractivity contribution is 6.31. The minimum atomic E-state index is -0.0921. The van der Waals surface area contributed by atoms with Gasteiger partial charge in [-0.3, -0.25) is 9.69 Å². The molecule has 1 aliphatic rings. The van der Waals surface area contributed by atoms with Crippen molar-refractivity contribution in [2.75, 3.05) is 18.9 Å². The summed E-state index contributed by atoms with van der Waals surface area (Å²) in [6, 6.07) is 14.0. The summed E-state index contributed by atoms with van der Waals surface area (Å²) in [7, 11) is 1.99. The molecule has 1 N–H and O–H groups in total. The van der Waals surface area contributed by atoms with Gasteiger partial charge in [-0.05, 0) is 49.2 Å². The van der Waals surface area contributed by atoms with Crippen LogP contribution in [-0.4, -0.2) is 39.2 Å². The summed E-state index contributed by atoms with van der Waals surface area (Å²) < 4.78 is 1.60. The molecular weight excluding hydrogens is 362 g/mol. The second-order valence-electron chi connectivity index (χ2n) is 6.72. The number of nitrogens with one attached hydrogen (secondary N) is 1. The van der Waals surface area contributed by atoms with Gasteiger partial charge in [0.25, 0.3) is 0 Å². The minimum Gasteiger partial charge on any atom is -0.323 e. The molecule has 1 heterocycles. The van der Waals surface area contributed by atoms with Gasteiger partial charge in [0.2, 0.25) is 5.91 Å². The number of hydrogen-bond acceptors (Lipinski definition) is 4. The fraction of sp³-hybridized carbons (Fsp3) is 0.250. The zero-order chi connectivity index (χ0) is 18.8. The monoisotopic (exact) mass is 381 g/mol. The third-order valence-electron chi connectivity index (χ3n) is 4.92. The molecule has 1 atom stereocenters. The Morgan fingerprint density at radius 1 is 1.33 bits per heavy atom. The van der Waals surface area contributed by atoms with E-state index in [2.05, 4.69) is 44.6 Å². The third kappa shape index (κ3) is 3.72. The van der Waals surface area contributed by atoms with Crippen molar-refractivity contribution in [3.05, 3.63) is 71.3 Å². The van der Waals surface area contributed by atoms with E-state index in [0.717, 1.165) is 18.5 Å². The lowest BCUT2D eigenvalue weighted by Crippen LogP contribution is -2.32. The van der Waals surface area contributed by atoms with Gasteiger partial charge in [0.05, 0.1) is 17.9 Å². The van der Waals surface area contributed by atoms with Crippen molar-refractivity contribution < 1.29 is 4.79 Å². The SMILES string of the molecule is CN(CC(=O)Nc1cc(Cl)ccc1-n1cncn1)[C@@H]1CCc2ccccc21. The molecule has 0 fully saturated rings. The number of aromatic nitrogens is 3. The summed E-state index contributed by atoms with van der Waals surface area (Å²) in [5.41, 5.74) is 4.02. The van der Waals surface area contributed by atoms with E-state index < -0.39 is 0 Å². The lowest BCUT2D eigenvalue weighted by atomic mass is 10.1. The Morgan fingerprint density at radius 2 is 2.19 bits per heavy atom.